The Morgan fingerprint density at radius 1 is 1.18 bits per heavy atom. The van der Waals surface area contributed by atoms with Gasteiger partial charge in [0.2, 0.25) is 5.12 Å². The summed E-state index contributed by atoms with van der Waals surface area (Å²) in [5.41, 5.74) is 2.23. The summed E-state index contributed by atoms with van der Waals surface area (Å²) in [5.74, 6) is -0.877. The molecule has 0 fully saturated rings. The second-order valence-electron chi connectivity index (χ2n) is 6.07. The number of rotatable bonds is 7. The third kappa shape index (κ3) is 5.60. The van der Waals surface area contributed by atoms with Crippen molar-refractivity contribution in [1.29, 1.82) is 5.26 Å². The first kappa shape index (κ1) is 21.0. The summed E-state index contributed by atoms with van der Waals surface area (Å²) >= 11 is 0.775. The van der Waals surface area contributed by atoms with Crippen LogP contribution in [0, 0.1) is 11.3 Å². The van der Waals surface area contributed by atoms with Gasteiger partial charge in [-0.2, -0.15) is 5.26 Å². The Kier molecular flexibility index (Phi) is 7.19. The molecule has 142 valence electrons. The SMILES string of the molecule is C=C(CCc1ccccc1C#N)C(=O)S/C(=C/c1ccc(O)c(O)c1)C(C)=O. The molecule has 2 rings (SSSR count). The zero-order valence-corrected chi connectivity index (χ0v) is 16.1. The van der Waals surface area contributed by atoms with E-state index >= 15 is 0 Å². The molecular formula is C22H19NO4S. The molecule has 0 aromatic heterocycles. The summed E-state index contributed by atoms with van der Waals surface area (Å²) < 4.78 is 0. The highest BCUT2D eigenvalue weighted by molar-refractivity contribution is 8.18. The molecule has 0 aliphatic carbocycles. The molecule has 2 aromatic rings. The second-order valence-corrected chi connectivity index (χ2v) is 7.09. The lowest BCUT2D eigenvalue weighted by Gasteiger charge is -2.08. The van der Waals surface area contributed by atoms with Gasteiger partial charge in [-0.25, -0.2) is 0 Å². The van der Waals surface area contributed by atoms with Crippen LogP contribution in [0.5, 0.6) is 11.5 Å². The number of carbonyl (C=O) groups is 2. The fraction of sp³-hybridized carbons (Fsp3) is 0.136. The molecule has 0 aliphatic heterocycles. The molecule has 0 bridgehead atoms. The van der Waals surface area contributed by atoms with E-state index in [9.17, 15) is 19.8 Å². The largest absolute Gasteiger partial charge is 0.504 e. The van der Waals surface area contributed by atoms with Gasteiger partial charge in [0, 0.05) is 0 Å². The lowest BCUT2D eigenvalue weighted by molar-refractivity contribution is -0.113. The third-order valence-electron chi connectivity index (χ3n) is 3.97. The molecule has 0 amide bonds. The Bertz CT molecular complexity index is 1000. The molecule has 0 radical (unpaired) electrons. The minimum Gasteiger partial charge on any atom is -0.504 e. The summed E-state index contributed by atoms with van der Waals surface area (Å²) in [6, 6.07) is 13.4. The normalized spacial score (nSPS) is 10.9. The Labute approximate surface area is 167 Å². The van der Waals surface area contributed by atoms with Crippen molar-refractivity contribution in [3.8, 4) is 17.6 Å². The number of nitriles is 1. The Morgan fingerprint density at radius 2 is 1.89 bits per heavy atom. The van der Waals surface area contributed by atoms with E-state index in [1.807, 2.05) is 12.1 Å². The lowest BCUT2D eigenvalue weighted by Crippen LogP contribution is -2.03. The highest BCUT2D eigenvalue weighted by Crippen LogP contribution is 2.29. The first-order chi connectivity index (χ1) is 13.3. The highest BCUT2D eigenvalue weighted by atomic mass is 32.2. The number of hydrogen-bond donors (Lipinski definition) is 2. The van der Waals surface area contributed by atoms with Gasteiger partial charge in [-0.1, -0.05) is 30.8 Å². The van der Waals surface area contributed by atoms with E-state index in [1.165, 1.54) is 31.2 Å². The van der Waals surface area contributed by atoms with Gasteiger partial charge in [-0.05, 0) is 72.5 Å². The minimum absolute atomic E-state index is 0.202. The van der Waals surface area contributed by atoms with Crippen LogP contribution in [0.15, 0.2) is 59.5 Å². The summed E-state index contributed by atoms with van der Waals surface area (Å²) in [7, 11) is 0. The molecule has 2 aromatic carbocycles. The van der Waals surface area contributed by atoms with E-state index in [-0.39, 0.29) is 27.3 Å². The molecule has 6 heteroatoms. The number of Topliss-reactive ketones (excluding diaryl/α,β-unsaturated/α-hetero) is 1. The van der Waals surface area contributed by atoms with E-state index < -0.39 is 0 Å². The van der Waals surface area contributed by atoms with Gasteiger partial charge in [-0.15, -0.1) is 0 Å². The monoisotopic (exact) mass is 393 g/mol. The predicted octanol–water partition coefficient (Wildman–Crippen LogP) is 4.35. The standard InChI is InChI=1S/C22H19NO4S/c1-14(7-9-17-5-3-4-6-18(17)13-23)22(27)28-21(15(2)24)12-16-8-10-19(25)20(26)11-16/h3-6,8,10-12,25-26H,1,7,9H2,2H3/b21-12+. The molecule has 5 nitrogen and oxygen atoms in total. The molecule has 0 saturated heterocycles. The van der Waals surface area contributed by atoms with E-state index in [0.29, 0.717) is 29.5 Å². The van der Waals surface area contributed by atoms with Crippen LogP contribution >= 0.6 is 11.8 Å². The van der Waals surface area contributed by atoms with Crippen LogP contribution in [0.25, 0.3) is 6.08 Å². The van der Waals surface area contributed by atoms with E-state index in [4.69, 9.17) is 5.26 Å². The van der Waals surface area contributed by atoms with Crippen LogP contribution in [0.1, 0.15) is 30.0 Å². The number of aromatic hydroxyl groups is 2. The molecule has 0 saturated carbocycles. The fourth-order valence-electron chi connectivity index (χ4n) is 2.39. The van der Waals surface area contributed by atoms with Crippen molar-refractivity contribution in [2.75, 3.05) is 0 Å². The van der Waals surface area contributed by atoms with Crippen LogP contribution in [0.3, 0.4) is 0 Å². The number of thioether (sulfide) groups is 1. The molecule has 2 N–H and O–H groups in total. The molecule has 0 heterocycles. The van der Waals surface area contributed by atoms with Crippen LogP contribution in [0.4, 0.5) is 0 Å². The summed E-state index contributed by atoms with van der Waals surface area (Å²) in [6.45, 7) is 5.15. The van der Waals surface area contributed by atoms with Gasteiger partial charge in [0.15, 0.2) is 17.3 Å². The van der Waals surface area contributed by atoms with E-state index in [1.54, 1.807) is 12.1 Å². The molecule has 28 heavy (non-hydrogen) atoms. The third-order valence-corrected chi connectivity index (χ3v) is 5.07. The zero-order chi connectivity index (χ0) is 20.7. The predicted molar refractivity (Wildman–Crippen MR) is 110 cm³/mol. The summed E-state index contributed by atoms with van der Waals surface area (Å²) in [4.78, 5) is 24.6. The number of nitrogens with zero attached hydrogens (tertiary/aromatic N) is 1. The van der Waals surface area contributed by atoms with Crippen LogP contribution < -0.4 is 0 Å². The van der Waals surface area contributed by atoms with Crippen molar-refractivity contribution >= 4 is 28.7 Å². The lowest BCUT2D eigenvalue weighted by atomic mass is 10.0. The van der Waals surface area contributed by atoms with Gasteiger partial charge in [-0.3, -0.25) is 9.59 Å². The smallest absolute Gasteiger partial charge is 0.219 e. The second kappa shape index (κ2) is 9.58. The summed E-state index contributed by atoms with van der Waals surface area (Å²) in [5, 5.41) is 27.7. The number of ketones is 1. The Morgan fingerprint density at radius 3 is 2.54 bits per heavy atom. The van der Waals surface area contributed by atoms with Crippen LogP contribution in [-0.2, 0) is 16.0 Å². The number of phenols is 2. The number of carbonyl (C=O) groups excluding carboxylic acids is 2. The van der Waals surface area contributed by atoms with E-state index in [0.717, 1.165) is 17.3 Å². The van der Waals surface area contributed by atoms with Crippen molar-refractivity contribution in [2.45, 2.75) is 19.8 Å². The Hall–Kier alpha value is -3.30. The van der Waals surface area contributed by atoms with Crippen LogP contribution in [0.2, 0.25) is 0 Å². The quantitative estimate of drug-likeness (QED) is 0.536. The van der Waals surface area contributed by atoms with Crippen molar-refractivity contribution < 1.29 is 19.8 Å². The average Bonchev–Trinajstić information content (AvgIpc) is 2.68. The topological polar surface area (TPSA) is 98.4 Å². The first-order valence-electron chi connectivity index (χ1n) is 8.44. The van der Waals surface area contributed by atoms with Crippen LogP contribution in [-0.4, -0.2) is 21.1 Å². The van der Waals surface area contributed by atoms with Crippen molar-refractivity contribution in [1.82, 2.24) is 0 Å². The number of benzene rings is 2. The number of aryl methyl sites for hydroxylation is 1. The number of phenolic OH excluding ortho intramolecular Hbond substituents is 2. The van der Waals surface area contributed by atoms with Crippen molar-refractivity contribution in [2.24, 2.45) is 0 Å². The summed E-state index contributed by atoms with van der Waals surface area (Å²) in [6.07, 6.45) is 2.35. The maximum Gasteiger partial charge on any atom is 0.219 e. The molecule has 0 spiro atoms. The number of hydrogen-bond acceptors (Lipinski definition) is 6. The average molecular weight is 393 g/mol. The maximum absolute atomic E-state index is 12.5. The van der Waals surface area contributed by atoms with E-state index in [2.05, 4.69) is 12.6 Å². The Balaban J connectivity index is 2.08. The van der Waals surface area contributed by atoms with Gasteiger partial charge < -0.3 is 10.2 Å². The first-order valence-corrected chi connectivity index (χ1v) is 9.26. The maximum atomic E-state index is 12.5. The minimum atomic E-state index is -0.334. The van der Waals surface area contributed by atoms with Gasteiger partial charge in [0.25, 0.3) is 0 Å². The molecular weight excluding hydrogens is 374 g/mol. The van der Waals surface area contributed by atoms with Gasteiger partial charge in [0.05, 0.1) is 16.5 Å². The van der Waals surface area contributed by atoms with Crippen molar-refractivity contribution in [3.05, 3.63) is 76.2 Å². The zero-order valence-electron chi connectivity index (χ0n) is 15.3. The molecule has 0 aliphatic rings. The molecule has 0 unspecified atom stereocenters. The number of allylic oxidation sites excluding steroid dienone is 1. The highest BCUT2D eigenvalue weighted by Gasteiger charge is 2.15. The molecule has 0 atom stereocenters. The van der Waals surface area contributed by atoms with Crippen molar-refractivity contribution in [3.63, 3.8) is 0 Å². The van der Waals surface area contributed by atoms with Gasteiger partial charge in [0.1, 0.15) is 0 Å². The van der Waals surface area contributed by atoms with Gasteiger partial charge >= 0.3 is 0 Å². The fourth-order valence-corrected chi connectivity index (χ4v) is 3.18.